The van der Waals surface area contributed by atoms with E-state index in [9.17, 15) is 13.2 Å². The van der Waals surface area contributed by atoms with Crippen LogP contribution in [0.15, 0.2) is 59.5 Å². The van der Waals surface area contributed by atoms with E-state index in [-0.39, 0.29) is 10.8 Å². The molecule has 1 amide bonds. The van der Waals surface area contributed by atoms with E-state index in [1.54, 1.807) is 32.9 Å². The minimum Gasteiger partial charge on any atom is -0.326 e. The number of hydrogen-bond acceptors (Lipinski definition) is 3. The van der Waals surface area contributed by atoms with Crippen molar-refractivity contribution in [3.63, 3.8) is 0 Å². The van der Waals surface area contributed by atoms with Gasteiger partial charge in [-0.2, -0.15) is 0 Å². The number of amides is 1. The highest BCUT2D eigenvalue weighted by atomic mass is 32.2. The number of aryl methyl sites for hydroxylation is 1. The van der Waals surface area contributed by atoms with Crippen molar-refractivity contribution >= 4 is 21.6 Å². The third kappa shape index (κ3) is 6.32. The molecule has 0 aromatic heterocycles. The Morgan fingerprint density at radius 3 is 2.12 bits per heavy atom. The molecule has 0 unspecified atom stereocenters. The molecule has 6 heteroatoms. The van der Waals surface area contributed by atoms with Gasteiger partial charge in [-0.3, -0.25) is 4.79 Å². The van der Waals surface area contributed by atoms with Crippen molar-refractivity contribution in [3.8, 4) is 0 Å². The predicted octanol–water partition coefficient (Wildman–Crippen LogP) is 3.33. The van der Waals surface area contributed by atoms with Crippen molar-refractivity contribution in [2.75, 3.05) is 5.32 Å². The number of nitrogens with one attached hydrogen (secondary N) is 2. The molecule has 0 atom stereocenters. The zero-order chi connectivity index (χ0) is 18.5. The van der Waals surface area contributed by atoms with Crippen LogP contribution < -0.4 is 10.0 Å². The van der Waals surface area contributed by atoms with Crippen molar-refractivity contribution < 1.29 is 13.2 Å². The van der Waals surface area contributed by atoms with E-state index in [2.05, 4.69) is 10.0 Å². The Balaban J connectivity index is 1.95. The summed E-state index contributed by atoms with van der Waals surface area (Å²) in [5, 5.41) is 2.78. The van der Waals surface area contributed by atoms with Gasteiger partial charge in [-0.05, 0) is 57.0 Å². The Hall–Kier alpha value is -2.18. The van der Waals surface area contributed by atoms with Crippen LogP contribution in [0.25, 0.3) is 0 Å². The number of anilines is 1. The van der Waals surface area contributed by atoms with Gasteiger partial charge in [0.1, 0.15) is 0 Å². The van der Waals surface area contributed by atoms with Crippen LogP contribution in [0.3, 0.4) is 0 Å². The Labute approximate surface area is 149 Å². The van der Waals surface area contributed by atoms with Gasteiger partial charge in [0.2, 0.25) is 15.9 Å². The second-order valence-corrected chi connectivity index (χ2v) is 8.60. The number of sulfonamides is 1. The molecule has 2 aromatic rings. The Bertz CT molecular complexity index is 808. The lowest BCUT2D eigenvalue weighted by atomic mass is 10.1. The molecule has 25 heavy (non-hydrogen) atoms. The van der Waals surface area contributed by atoms with E-state index in [0.29, 0.717) is 18.5 Å². The minimum atomic E-state index is -3.57. The number of rotatable bonds is 6. The molecule has 0 aliphatic rings. The number of carbonyl (C=O) groups is 1. The summed E-state index contributed by atoms with van der Waals surface area (Å²) in [5.74, 6) is -0.104. The summed E-state index contributed by atoms with van der Waals surface area (Å²) < 4.78 is 27.1. The molecule has 0 saturated heterocycles. The van der Waals surface area contributed by atoms with Gasteiger partial charge in [-0.1, -0.05) is 30.3 Å². The maximum Gasteiger partial charge on any atom is 0.241 e. The third-order valence-corrected chi connectivity index (χ3v) is 5.15. The number of benzene rings is 2. The number of hydrogen-bond donors (Lipinski definition) is 2. The second kappa shape index (κ2) is 7.80. The maximum absolute atomic E-state index is 12.2. The average Bonchev–Trinajstić information content (AvgIpc) is 2.52. The van der Waals surface area contributed by atoms with Crippen LogP contribution in [0, 0.1) is 0 Å². The Morgan fingerprint density at radius 1 is 0.960 bits per heavy atom. The van der Waals surface area contributed by atoms with Gasteiger partial charge in [0.05, 0.1) is 4.90 Å². The molecule has 0 radical (unpaired) electrons. The first-order valence-corrected chi connectivity index (χ1v) is 9.62. The lowest BCUT2D eigenvalue weighted by Crippen LogP contribution is -2.40. The normalized spacial score (nSPS) is 12.0. The highest BCUT2D eigenvalue weighted by molar-refractivity contribution is 7.89. The van der Waals surface area contributed by atoms with E-state index >= 15 is 0 Å². The summed E-state index contributed by atoms with van der Waals surface area (Å²) in [6.45, 7) is 5.35. The summed E-state index contributed by atoms with van der Waals surface area (Å²) in [6, 6.07) is 15.9. The highest BCUT2D eigenvalue weighted by Gasteiger charge is 2.21. The van der Waals surface area contributed by atoms with Crippen molar-refractivity contribution in [2.45, 2.75) is 44.0 Å². The molecule has 0 fully saturated rings. The van der Waals surface area contributed by atoms with Gasteiger partial charge in [0.15, 0.2) is 0 Å². The minimum absolute atomic E-state index is 0.104. The van der Waals surface area contributed by atoms with Crippen LogP contribution in [0.2, 0.25) is 0 Å². The van der Waals surface area contributed by atoms with Gasteiger partial charge < -0.3 is 5.32 Å². The molecule has 5 nitrogen and oxygen atoms in total. The molecule has 0 spiro atoms. The molecule has 0 heterocycles. The van der Waals surface area contributed by atoms with Crippen molar-refractivity contribution in [2.24, 2.45) is 0 Å². The molecular formula is C19H24N2O3S. The van der Waals surface area contributed by atoms with E-state index in [0.717, 1.165) is 5.56 Å². The topological polar surface area (TPSA) is 75.3 Å². The first-order chi connectivity index (χ1) is 11.7. The summed E-state index contributed by atoms with van der Waals surface area (Å²) in [6.07, 6.45) is 1.03. The van der Waals surface area contributed by atoms with Gasteiger partial charge in [0, 0.05) is 17.6 Å². The zero-order valence-corrected chi connectivity index (χ0v) is 15.6. The first-order valence-electron chi connectivity index (χ1n) is 8.13. The molecule has 2 N–H and O–H groups in total. The van der Waals surface area contributed by atoms with Gasteiger partial charge >= 0.3 is 0 Å². The van der Waals surface area contributed by atoms with Crippen molar-refractivity contribution in [1.29, 1.82) is 0 Å². The fourth-order valence-corrected chi connectivity index (χ4v) is 3.72. The first kappa shape index (κ1) is 19.1. The lowest BCUT2D eigenvalue weighted by Gasteiger charge is -2.20. The lowest BCUT2D eigenvalue weighted by molar-refractivity contribution is -0.116. The standard InChI is InChI=1S/C19H24N2O3S/c1-19(2,3)21-25(23,24)17-12-10-16(11-13-17)20-18(22)14-9-15-7-5-4-6-8-15/h4-8,10-13,21H,9,14H2,1-3H3,(H,20,22). The molecule has 0 aliphatic heterocycles. The van der Waals surface area contributed by atoms with E-state index < -0.39 is 15.6 Å². The SMILES string of the molecule is CC(C)(C)NS(=O)(=O)c1ccc(NC(=O)CCc2ccccc2)cc1. The molecular weight excluding hydrogens is 336 g/mol. The molecule has 134 valence electrons. The van der Waals surface area contributed by atoms with E-state index in [1.807, 2.05) is 30.3 Å². The molecule has 0 aliphatic carbocycles. The van der Waals surface area contributed by atoms with Crippen LogP contribution in [-0.2, 0) is 21.2 Å². The largest absolute Gasteiger partial charge is 0.326 e. The fourth-order valence-electron chi connectivity index (χ4n) is 2.31. The number of carbonyl (C=O) groups excluding carboxylic acids is 1. The van der Waals surface area contributed by atoms with Gasteiger partial charge in [-0.25, -0.2) is 13.1 Å². The van der Waals surface area contributed by atoms with Crippen LogP contribution in [0.5, 0.6) is 0 Å². The van der Waals surface area contributed by atoms with Crippen LogP contribution in [0.4, 0.5) is 5.69 Å². The third-order valence-electron chi connectivity index (χ3n) is 3.37. The smallest absolute Gasteiger partial charge is 0.241 e. The second-order valence-electron chi connectivity index (χ2n) is 6.91. The monoisotopic (exact) mass is 360 g/mol. The fraction of sp³-hybridized carbons (Fsp3) is 0.316. The Kier molecular flexibility index (Phi) is 5.98. The summed E-state index contributed by atoms with van der Waals surface area (Å²) >= 11 is 0. The summed E-state index contributed by atoms with van der Waals surface area (Å²) in [7, 11) is -3.57. The van der Waals surface area contributed by atoms with Crippen LogP contribution in [-0.4, -0.2) is 19.9 Å². The average molecular weight is 360 g/mol. The summed E-state index contributed by atoms with van der Waals surface area (Å²) in [4.78, 5) is 12.2. The van der Waals surface area contributed by atoms with E-state index in [4.69, 9.17) is 0 Å². The quantitative estimate of drug-likeness (QED) is 0.830. The van der Waals surface area contributed by atoms with Gasteiger partial charge in [-0.15, -0.1) is 0 Å². The van der Waals surface area contributed by atoms with Crippen LogP contribution in [0.1, 0.15) is 32.8 Å². The van der Waals surface area contributed by atoms with Crippen LogP contribution >= 0.6 is 0 Å². The molecule has 0 bridgehead atoms. The van der Waals surface area contributed by atoms with Gasteiger partial charge in [0.25, 0.3) is 0 Å². The predicted molar refractivity (Wildman–Crippen MR) is 99.9 cm³/mol. The Morgan fingerprint density at radius 2 is 1.56 bits per heavy atom. The molecule has 2 aromatic carbocycles. The maximum atomic E-state index is 12.2. The van der Waals surface area contributed by atoms with Crippen molar-refractivity contribution in [3.05, 3.63) is 60.2 Å². The zero-order valence-electron chi connectivity index (χ0n) is 14.7. The highest BCUT2D eigenvalue weighted by Crippen LogP contribution is 2.16. The summed E-state index contributed by atoms with van der Waals surface area (Å²) in [5.41, 5.74) is 1.13. The molecule has 0 saturated carbocycles. The van der Waals surface area contributed by atoms with Crippen molar-refractivity contribution in [1.82, 2.24) is 4.72 Å². The molecule has 2 rings (SSSR count). The van der Waals surface area contributed by atoms with E-state index in [1.165, 1.54) is 12.1 Å².